The zero-order chi connectivity index (χ0) is 14.1. The molecule has 1 aliphatic carbocycles. The first kappa shape index (κ1) is 13.0. The number of carbonyl (C=O) groups excluding carboxylic acids is 1. The third kappa shape index (κ3) is 1.46. The van der Waals surface area contributed by atoms with Gasteiger partial charge in [-0.2, -0.15) is 0 Å². The Kier molecular flexibility index (Phi) is 2.58. The van der Waals surface area contributed by atoms with Crippen LogP contribution in [0.25, 0.3) is 0 Å². The average Bonchev–Trinajstić information content (AvgIpc) is 2.63. The Labute approximate surface area is 118 Å². The minimum absolute atomic E-state index is 0.123. The first-order valence-corrected chi connectivity index (χ1v) is 7.71. The summed E-state index contributed by atoms with van der Waals surface area (Å²) in [5, 5.41) is 0. The Morgan fingerprint density at radius 1 is 1.10 bits per heavy atom. The summed E-state index contributed by atoms with van der Waals surface area (Å²) in [7, 11) is 0. The largest absolute Gasteiger partial charge is 0.432 e. The summed E-state index contributed by atoms with van der Waals surface area (Å²) in [6, 6.07) is 0. The van der Waals surface area contributed by atoms with E-state index in [1.807, 2.05) is 13.8 Å². The van der Waals surface area contributed by atoms with Crippen molar-refractivity contribution in [1.82, 2.24) is 0 Å². The van der Waals surface area contributed by atoms with E-state index in [1.165, 1.54) is 0 Å². The van der Waals surface area contributed by atoms with Gasteiger partial charge >= 0.3 is 5.97 Å². The fourth-order valence-corrected chi connectivity index (χ4v) is 4.76. The Hall–Kier alpha value is -0.650. The Morgan fingerprint density at radius 3 is 2.70 bits per heavy atom. The summed E-state index contributed by atoms with van der Waals surface area (Å²) < 4.78 is 11.6. The Morgan fingerprint density at radius 2 is 1.90 bits per heavy atom. The van der Waals surface area contributed by atoms with Gasteiger partial charge in [0.1, 0.15) is 0 Å². The molecule has 5 fully saturated rings. The zero-order valence-electron chi connectivity index (χ0n) is 12.3. The molecule has 0 radical (unpaired) electrons. The standard InChI is InChI=1S/C15H22O5/c1-8-4-5-11-9(2)12(16)17-13-15(11)10(8)6-7-14(3,18-13)19-20-15/h8-11,13H,4-7H2,1-3H3/t8-,9-,10+,11?,13-,14-,15?/m1/s1. The number of carbonyl (C=O) groups is 1. The smallest absolute Gasteiger partial charge is 0.311 e. The SMILES string of the molecule is C[C@@H]1CCC2[C@@H](C)C(=O)O[C@@H]3O[C@@]4(C)CC[C@@H]1C23OO4. The van der Waals surface area contributed by atoms with E-state index >= 15 is 0 Å². The molecule has 2 unspecified atom stereocenters. The van der Waals surface area contributed by atoms with Gasteiger partial charge in [0, 0.05) is 18.3 Å². The molecule has 0 N–H and O–H groups in total. The lowest BCUT2D eigenvalue weighted by molar-refractivity contribution is -0.559. The van der Waals surface area contributed by atoms with Gasteiger partial charge in [-0.05, 0) is 32.1 Å². The van der Waals surface area contributed by atoms with Crippen LogP contribution >= 0.6 is 0 Å². The summed E-state index contributed by atoms with van der Waals surface area (Å²) in [4.78, 5) is 23.7. The second kappa shape index (κ2) is 3.96. The van der Waals surface area contributed by atoms with Crippen LogP contribution in [0.3, 0.4) is 0 Å². The molecule has 4 saturated heterocycles. The number of hydrogen-bond donors (Lipinski definition) is 0. The van der Waals surface area contributed by atoms with Crippen molar-refractivity contribution in [2.45, 2.75) is 64.1 Å². The number of esters is 1. The number of rotatable bonds is 0. The second-order valence-corrected chi connectivity index (χ2v) is 7.14. The predicted molar refractivity (Wildman–Crippen MR) is 68.0 cm³/mol. The molecule has 5 rings (SSSR count). The van der Waals surface area contributed by atoms with Crippen molar-refractivity contribution >= 4 is 5.97 Å². The number of fused-ring (bicyclic) bond motifs is 2. The minimum Gasteiger partial charge on any atom is -0.432 e. The van der Waals surface area contributed by atoms with Crippen molar-refractivity contribution in [1.29, 1.82) is 0 Å². The number of hydrogen-bond acceptors (Lipinski definition) is 5. The second-order valence-electron chi connectivity index (χ2n) is 7.14. The van der Waals surface area contributed by atoms with Gasteiger partial charge in [0.05, 0.1) is 5.92 Å². The summed E-state index contributed by atoms with van der Waals surface area (Å²) in [5.74, 6) is -0.137. The van der Waals surface area contributed by atoms with Crippen molar-refractivity contribution in [3.63, 3.8) is 0 Å². The van der Waals surface area contributed by atoms with Crippen LogP contribution in [-0.2, 0) is 24.0 Å². The van der Waals surface area contributed by atoms with E-state index in [0.717, 1.165) is 25.7 Å². The molecule has 0 amide bonds. The van der Waals surface area contributed by atoms with Crippen LogP contribution in [0.4, 0.5) is 0 Å². The molecule has 7 atom stereocenters. The van der Waals surface area contributed by atoms with Crippen molar-refractivity contribution in [2.24, 2.45) is 23.7 Å². The molecule has 5 heteroatoms. The first-order chi connectivity index (χ1) is 9.46. The fraction of sp³-hybridized carbons (Fsp3) is 0.933. The van der Waals surface area contributed by atoms with Gasteiger partial charge in [-0.1, -0.05) is 13.8 Å². The highest BCUT2D eigenvalue weighted by molar-refractivity contribution is 5.74. The van der Waals surface area contributed by atoms with Gasteiger partial charge in [0.2, 0.25) is 12.1 Å². The quantitative estimate of drug-likeness (QED) is 0.504. The highest BCUT2D eigenvalue weighted by Gasteiger charge is 2.69. The van der Waals surface area contributed by atoms with Gasteiger partial charge in [0.15, 0.2) is 5.60 Å². The van der Waals surface area contributed by atoms with Gasteiger partial charge in [-0.25, -0.2) is 9.78 Å². The lowest BCUT2D eigenvalue weighted by Gasteiger charge is -2.57. The molecule has 0 aromatic carbocycles. The van der Waals surface area contributed by atoms with Crippen LogP contribution in [0.5, 0.6) is 0 Å². The average molecular weight is 282 g/mol. The van der Waals surface area contributed by atoms with Crippen LogP contribution in [0.2, 0.25) is 0 Å². The zero-order valence-corrected chi connectivity index (χ0v) is 12.3. The van der Waals surface area contributed by atoms with E-state index in [1.54, 1.807) is 0 Å². The van der Waals surface area contributed by atoms with Crippen LogP contribution in [-0.4, -0.2) is 23.6 Å². The maximum atomic E-state index is 12.1. The van der Waals surface area contributed by atoms with E-state index in [4.69, 9.17) is 19.2 Å². The topological polar surface area (TPSA) is 54.0 Å². The molecule has 2 bridgehead atoms. The first-order valence-electron chi connectivity index (χ1n) is 7.71. The summed E-state index contributed by atoms with van der Waals surface area (Å²) >= 11 is 0. The minimum atomic E-state index is -0.793. The van der Waals surface area contributed by atoms with Crippen molar-refractivity contribution in [2.75, 3.05) is 0 Å². The summed E-state index contributed by atoms with van der Waals surface area (Å²) in [5.41, 5.74) is -0.610. The van der Waals surface area contributed by atoms with Crippen LogP contribution in [0.1, 0.15) is 46.5 Å². The summed E-state index contributed by atoms with van der Waals surface area (Å²) in [6.07, 6.45) is 3.24. The van der Waals surface area contributed by atoms with E-state index in [0.29, 0.717) is 11.8 Å². The molecular weight excluding hydrogens is 260 g/mol. The van der Waals surface area contributed by atoms with Crippen molar-refractivity contribution in [3.8, 4) is 0 Å². The molecule has 4 aliphatic heterocycles. The lowest BCUT2D eigenvalue weighted by atomic mass is 9.58. The molecule has 0 aromatic heterocycles. The monoisotopic (exact) mass is 282 g/mol. The van der Waals surface area contributed by atoms with Gasteiger partial charge in [0.25, 0.3) is 0 Å². The van der Waals surface area contributed by atoms with E-state index in [-0.39, 0.29) is 17.8 Å². The van der Waals surface area contributed by atoms with E-state index in [2.05, 4.69) is 6.92 Å². The maximum Gasteiger partial charge on any atom is 0.311 e. The van der Waals surface area contributed by atoms with Gasteiger partial charge in [-0.3, -0.25) is 4.79 Å². The Bertz CT molecular complexity index is 452. The van der Waals surface area contributed by atoms with E-state index in [9.17, 15) is 4.79 Å². The van der Waals surface area contributed by atoms with Crippen LogP contribution in [0, 0.1) is 23.7 Å². The normalized spacial score (nSPS) is 57.8. The lowest BCUT2D eigenvalue weighted by Crippen LogP contribution is -2.69. The van der Waals surface area contributed by atoms with Crippen LogP contribution < -0.4 is 0 Å². The molecule has 112 valence electrons. The summed E-state index contributed by atoms with van der Waals surface area (Å²) in [6.45, 7) is 6.06. The number of ether oxygens (including phenoxy) is 2. The molecule has 4 heterocycles. The fourth-order valence-electron chi connectivity index (χ4n) is 4.76. The van der Waals surface area contributed by atoms with Gasteiger partial charge < -0.3 is 9.47 Å². The molecule has 1 saturated carbocycles. The molecular formula is C15H22O5. The third-order valence-corrected chi connectivity index (χ3v) is 5.97. The van der Waals surface area contributed by atoms with Gasteiger partial charge in [-0.15, -0.1) is 0 Å². The third-order valence-electron chi connectivity index (χ3n) is 5.97. The highest BCUT2D eigenvalue weighted by Crippen LogP contribution is 2.59. The molecule has 5 nitrogen and oxygen atoms in total. The van der Waals surface area contributed by atoms with Crippen molar-refractivity contribution < 1.29 is 24.0 Å². The van der Waals surface area contributed by atoms with Crippen molar-refractivity contribution in [3.05, 3.63) is 0 Å². The van der Waals surface area contributed by atoms with E-state index < -0.39 is 17.7 Å². The molecule has 0 aromatic rings. The maximum absolute atomic E-state index is 12.1. The molecule has 5 aliphatic rings. The predicted octanol–water partition coefficient (Wildman–Crippen LogP) is 2.39. The molecule has 20 heavy (non-hydrogen) atoms. The van der Waals surface area contributed by atoms with Crippen LogP contribution in [0.15, 0.2) is 0 Å². The molecule has 1 spiro atoms. The Balaban J connectivity index is 1.84. The highest BCUT2D eigenvalue weighted by atomic mass is 17.3.